The lowest BCUT2D eigenvalue weighted by atomic mass is 9.88. The molecule has 0 aliphatic carbocycles. The maximum absolute atomic E-state index is 12.9. The third-order valence-corrected chi connectivity index (χ3v) is 6.28. The lowest BCUT2D eigenvalue weighted by molar-refractivity contribution is -0.144. The van der Waals surface area contributed by atoms with Crippen LogP contribution in [0.3, 0.4) is 0 Å². The summed E-state index contributed by atoms with van der Waals surface area (Å²) in [6.07, 6.45) is 2.21. The molecular formula is C25H29N3O5. The molecule has 2 aliphatic rings. The second-order valence-electron chi connectivity index (χ2n) is 8.25. The molecule has 1 atom stereocenters. The number of rotatable bonds is 8. The maximum atomic E-state index is 12.9. The van der Waals surface area contributed by atoms with Gasteiger partial charge in [0.2, 0.25) is 0 Å². The van der Waals surface area contributed by atoms with Crippen molar-refractivity contribution in [2.75, 3.05) is 34.0 Å². The summed E-state index contributed by atoms with van der Waals surface area (Å²) < 4.78 is 11.0. The van der Waals surface area contributed by atoms with Crippen LogP contribution in [0.15, 0.2) is 42.5 Å². The number of hydrogen-bond donors (Lipinski definition) is 0. The SMILES string of the molecule is CCCCN1C(=O)C(=O)N(CN2CCc3cc(OC)c(OC)cc3[C@@H]2c2ccccc2)C1=O. The molecule has 2 aromatic rings. The van der Waals surface area contributed by atoms with Gasteiger partial charge in [0, 0.05) is 13.1 Å². The highest BCUT2D eigenvalue weighted by Crippen LogP contribution is 2.41. The monoisotopic (exact) mass is 451 g/mol. The predicted octanol–water partition coefficient (Wildman–Crippen LogP) is 3.20. The molecule has 0 spiro atoms. The van der Waals surface area contributed by atoms with E-state index in [4.69, 9.17) is 9.47 Å². The molecule has 4 rings (SSSR count). The third-order valence-electron chi connectivity index (χ3n) is 6.28. The molecule has 0 saturated carbocycles. The fraction of sp³-hybridized carbons (Fsp3) is 0.400. The molecular weight excluding hydrogens is 422 g/mol. The van der Waals surface area contributed by atoms with Crippen molar-refractivity contribution in [3.05, 3.63) is 59.2 Å². The number of ether oxygens (including phenoxy) is 2. The van der Waals surface area contributed by atoms with Crippen molar-refractivity contribution in [2.45, 2.75) is 32.2 Å². The van der Waals surface area contributed by atoms with Gasteiger partial charge in [0.25, 0.3) is 0 Å². The summed E-state index contributed by atoms with van der Waals surface area (Å²) in [5, 5.41) is 0. The van der Waals surface area contributed by atoms with Crippen molar-refractivity contribution in [1.82, 2.24) is 14.7 Å². The van der Waals surface area contributed by atoms with Gasteiger partial charge in [-0.2, -0.15) is 0 Å². The molecule has 1 fully saturated rings. The van der Waals surface area contributed by atoms with Gasteiger partial charge in [0.05, 0.1) is 26.9 Å². The number of imide groups is 2. The highest BCUT2D eigenvalue weighted by Gasteiger charge is 2.45. The van der Waals surface area contributed by atoms with Crippen LogP contribution in [0.1, 0.15) is 42.5 Å². The molecule has 174 valence electrons. The molecule has 1 saturated heterocycles. The first-order valence-electron chi connectivity index (χ1n) is 11.2. The summed E-state index contributed by atoms with van der Waals surface area (Å²) in [5.41, 5.74) is 3.18. The lowest BCUT2D eigenvalue weighted by Gasteiger charge is -2.39. The van der Waals surface area contributed by atoms with E-state index in [0.29, 0.717) is 30.9 Å². The number of carbonyl (C=O) groups is 3. The molecule has 0 unspecified atom stereocenters. The van der Waals surface area contributed by atoms with E-state index < -0.39 is 17.8 Å². The molecule has 0 radical (unpaired) electrons. The minimum Gasteiger partial charge on any atom is -0.493 e. The van der Waals surface area contributed by atoms with Gasteiger partial charge >= 0.3 is 17.8 Å². The third kappa shape index (κ3) is 4.18. The van der Waals surface area contributed by atoms with E-state index >= 15 is 0 Å². The Balaban J connectivity index is 1.69. The Labute approximate surface area is 193 Å². The molecule has 0 bridgehead atoms. The number of benzene rings is 2. The van der Waals surface area contributed by atoms with Crippen LogP contribution in [0, 0.1) is 0 Å². The summed E-state index contributed by atoms with van der Waals surface area (Å²) in [6, 6.07) is 13.1. The van der Waals surface area contributed by atoms with Gasteiger partial charge in [0.1, 0.15) is 0 Å². The fourth-order valence-electron chi connectivity index (χ4n) is 4.55. The van der Waals surface area contributed by atoms with Crippen molar-refractivity contribution in [2.24, 2.45) is 0 Å². The Morgan fingerprint density at radius 1 is 0.939 bits per heavy atom. The minimum atomic E-state index is -0.763. The first-order valence-corrected chi connectivity index (χ1v) is 11.2. The summed E-state index contributed by atoms with van der Waals surface area (Å²) in [7, 11) is 3.21. The molecule has 0 N–H and O–H groups in total. The van der Waals surface area contributed by atoms with Gasteiger partial charge in [-0.1, -0.05) is 43.7 Å². The van der Waals surface area contributed by atoms with Gasteiger partial charge < -0.3 is 9.47 Å². The van der Waals surface area contributed by atoms with Gasteiger partial charge in [-0.15, -0.1) is 0 Å². The zero-order valence-electron chi connectivity index (χ0n) is 19.2. The van der Waals surface area contributed by atoms with Crippen molar-refractivity contribution >= 4 is 17.8 Å². The Kier molecular flexibility index (Phi) is 6.65. The zero-order valence-corrected chi connectivity index (χ0v) is 19.2. The van der Waals surface area contributed by atoms with Crippen molar-refractivity contribution in [3.63, 3.8) is 0 Å². The van der Waals surface area contributed by atoms with E-state index in [2.05, 4.69) is 4.90 Å². The number of hydrogen-bond acceptors (Lipinski definition) is 6. The number of fused-ring (bicyclic) bond motifs is 1. The van der Waals surface area contributed by atoms with E-state index in [9.17, 15) is 14.4 Å². The lowest BCUT2D eigenvalue weighted by Crippen LogP contribution is -2.46. The molecule has 2 aromatic carbocycles. The average Bonchev–Trinajstić information content (AvgIpc) is 3.04. The van der Waals surface area contributed by atoms with E-state index in [1.807, 2.05) is 49.4 Å². The first kappa shape index (κ1) is 22.8. The number of unbranched alkanes of at least 4 members (excludes halogenated alkanes) is 1. The molecule has 8 nitrogen and oxygen atoms in total. The van der Waals surface area contributed by atoms with Crippen LogP contribution >= 0.6 is 0 Å². The van der Waals surface area contributed by atoms with Crippen LogP contribution in [0.4, 0.5) is 4.79 Å². The molecule has 2 aliphatic heterocycles. The van der Waals surface area contributed by atoms with Crippen LogP contribution in [0.5, 0.6) is 11.5 Å². The highest BCUT2D eigenvalue weighted by atomic mass is 16.5. The minimum absolute atomic E-state index is 0.0410. The number of nitrogens with zero attached hydrogens (tertiary/aromatic N) is 3. The number of methoxy groups -OCH3 is 2. The summed E-state index contributed by atoms with van der Waals surface area (Å²) in [4.78, 5) is 42.3. The normalized spacial score (nSPS) is 18.6. The first-order chi connectivity index (χ1) is 16.0. The quantitative estimate of drug-likeness (QED) is 0.453. The van der Waals surface area contributed by atoms with E-state index in [1.165, 1.54) is 0 Å². The van der Waals surface area contributed by atoms with Crippen LogP contribution < -0.4 is 9.47 Å². The van der Waals surface area contributed by atoms with Crippen LogP contribution in [0.25, 0.3) is 0 Å². The number of carbonyl (C=O) groups excluding carboxylic acids is 3. The molecule has 8 heteroatoms. The summed E-state index contributed by atoms with van der Waals surface area (Å²) in [5.74, 6) is -0.221. The Morgan fingerprint density at radius 2 is 1.61 bits per heavy atom. The second-order valence-corrected chi connectivity index (χ2v) is 8.25. The Bertz CT molecular complexity index is 1060. The zero-order chi connectivity index (χ0) is 23.5. The van der Waals surface area contributed by atoms with Gasteiger partial charge in [-0.05, 0) is 41.7 Å². The van der Waals surface area contributed by atoms with Gasteiger partial charge in [-0.25, -0.2) is 9.69 Å². The van der Waals surface area contributed by atoms with Gasteiger partial charge in [0.15, 0.2) is 11.5 Å². The topological polar surface area (TPSA) is 79.4 Å². The second kappa shape index (κ2) is 9.62. The molecule has 2 heterocycles. The van der Waals surface area contributed by atoms with Crippen LogP contribution in [-0.2, 0) is 16.0 Å². The highest BCUT2D eigenvalue weighted by molar-refractivity contribution is 6.44. The molecule has 33 heavy (non-hydrogen) atoms. The largest absolute Gasteiger partial charge is 0.493 e. The van der Waals surface area contributed by atoms with Crippen molar-refractivity contribution < 1.29 is 23.9 Å². The standard InChI is InChI=1S/C25H29N3O5/c1-4-5-12-27-23(29)24(30)28(25(27)31)16-26-13-11-18-14-20(32-2)21(33-3)15-19(18)22(26)17-9-7-6-8-10-17/h6-10,14-15,22H,4-5,11-13,16H2,1-3H3/t22-/m0/s1. The van der Waals surface area contributed by atoms with E-state index in [-0.39, 0.29) is 19.3 Å². The van der Waals surface area contributed by atoms with Crippen LogP contribution in [0.2, 0.25) is 0 Å². The summed E-state index contributed by atoms with van der Waals surface area (Å²) in [6.45, 7) is 2.89. The summed E-state index contributed by atoms with van der Waals surface area (Å²) >= 11 is 0. The van der Waals surface area contributed by atoms with Gasteiger partial charge in [-0.3, -0.25) is 19.4 Å². The van der Waals surface area contributed by atoms with E-state index in [1.54, 1.807) is 14.2 Å². The van der Waals surface area contributed by atoms with E-state index in [0.717, 1.165) is 32.9 Å². The average molecular weight is 452 g/mol. The Hall–Kier alpha value is -3.39. The molecule has 4 amide bonds. The Morgan fingerprint density at radius 3 is 2.27 bits per heavy atom. The fourth-order valence-corrected chi connectivity index (χ4v) is 4.55. The number of urea groups is 1. The maximum Gasteiger partial charge on any atom is 0.335 e. The smallest absolute Gasteiger partial charge is 0.335 e. The predicted molar refractivity (Wildman–Crippen MR) is 122 cm³/mol. The number of amides is 4. The van der Waals surface area contributed by atoms with Crippen molar-refractivity contribution in [1.29, 1.82) is 0 Å². The molecule has 0 aromatic heterocycles. The van der Waals surface area contributed by atoms with Crippen LogP contribution in [-0.4, -0.2) is 66.5 Å². The van der Waals surface area contributed by atoms with Crippen molar-refractivity contribution in [3.8, 4) is 11.5 Å².